The van der Waals surface area contributed by atoms with Crippen molar-refractivity contribution in [1.29, 1.82) is 0 Å². The molecule has 0 spiro atoms. The maximum atomic E-state index is 6.60. The van der Waals surface area contributed by atoms with Crippen molar-refractivity contribution in [3.8, 4) is 28.1 Å². The lowest BCUT2D eigenvalue weighted by molar-refractivity contribution is 0.122. The quantitative estimate of drug-likeness (QED) is 0.514. The number of methoxy groups -OCH3 is 1. The average molecular weight is 421 g/mol. The van der Waals surface area contributed by atoms with E-state index in [9.17, 15) is 0 Å². The van der Waals surface area contributed by atoms with Gasteiger partial charge in [-0.2, -0.15) is 0 Å². The number of anilines is 1. The van der Waals surface area contributed by atoms with E-state index in [2.05, 4.69) is 44.1 Å². The third-order valence-corrected chi connectivity index (χ3v) is 5.65. The summed E-state index contributed by atoms with van der Waals surface area (Å²) in [6.07, 6.45) is 5.39. The summed E-state index contributed by atoms with van der Waals surface area (Å²) in [6, 6.07) is 12.2. The molecule has 0 radical (unpaired) electrons. The first-order valence-electron chi connectivity index (χ1n) is 9.82. The number of benzene rings is 1. The van der Waals surface area contributed by atoms with Gasteiger partial charge >= 0.3 is 0 Å². The Kier molecular flexibility index (Phi) is 5.02. The van der Waals surface area contributed by atoms with Crippen molar-refractivity contribution in [2.45, 2.75) is 0 Å². The summed E-state index contributed by atoms with van der Waals surface area (Å²) < 4.78 is 10.7. The van der Waals surface area contributed by atoms with E-state index < -0.39 is 0 Å². The zero-order chi connectivity index (χ0) is 20.5. The Morgan fingerprint density at radius 2 is 1.87 bits per heavy atom. The van der Waals surface area contributed by atoms with E-state index in [4.69, 9.17) is 21.1 Å². The molecule has 4 aromatic rings. The third-order valence-electron chi connectivity index (χ3n) is 5.36. The molecule has 1 saturated heterocycles. The van der Waals surface area contributed by atoms with Crippen LogP contribution in [0.25, 0.3) is 33.3 Å². The van der Waals surface area contributed by atoms with Gasteiger partial charge in [-0.05, 0) is 42.0 Å². The van der Waals surface area contributed by atoms with Gasteiger partial charge in [0.2, 0.25) is 0 Å². The first-order chi connectivity index (χ1) is 14.7. The van der Waals surface area contributed by atoms with Gasteiger partial charge < -0.3 is 19.4 Å². The van der Waals surface area contributed by atoms with Crippen molar-refractivity contribution in [3.63, 3.8) is 0 Å². The van der Waals surface area contributed by atoms with Crippen LogP contribution in [0.1, 0.15) is 0 Å². The predicted molar refractivity (Wildman–Crippen MR) is 119 cm³/mol. The predicted octanol–water partition coefficient (Wildman–Crippen LogP) is 4.79. The second-order valence-corrected chi connectivity index (χ2v) is 7.63. The molecular formula is C23H21ClN4O2. The number of aromatic amines is 1. The van der Waals surface area contributed by atoms with Crippen molar-refractivity contribution in [2.24, 2.45) is 0 Å². The Morgan fingerprint density at radius 3 is 2.63 bits per heavy atom. The minimum absolute atomic E-state index is 0.662. The molecule has 30 heavy (non-hydrogen) atoms. The summed E-state index contributed by atoms with van der Waals surface area (Å²) in [5.41, 5.74) is 4.85. The van der Waals surface area contributed by atoms with Gasteiger partial charge in [0.1, 0.15) is 11.6 Å². The van der Waals surface area contributed by atoms with Gasteiger partial charge in [-0.15, -0.1) is 0 Å². The Morgan fingerprint density at radius 1 is 1.00 bits per heavy atom. The molecule has 1 N–H and O–H groups in total. The van der Waals surface area contributed by atoms with Crippen LogP contribution in [0.5, 0.6) is 5.75 Å². The average Bonchev–Trinajstić information content (AvgIpc) is 3.25. The van der Waals surface area contributed by atoms with Crippen molar-refractivity contribution in [3.05, 3.63) is 60.0 Å². The van der Waals surface area contributed by atoms with E-state index in [0.29, 0.717) is 10.8 Å². The molecule has 0 aliphatic carbocycles. The van der Waals surface area contributed by atoms with Gasteiger partial charge in [-0.1, -0.05) is 11.6 Å². The lowest BCUT2D eigenvalue weighted by atomic mass is 10.1. The summed E-state index contributed by atoms with van der Waals surface area (Å²) in [4.78, 5) is 14.6. The Bertz CT molecular complexity index is 1180. The van der Waals surface area contributed by atoms with E-state index in [1.54, 1.807) is 13.3 Å². The molecule has 1 aromatic carbocycles. The van der Waals surface area contributed by atoms with Gasteiger partial charge in [0.15, 0.2) is 0 Å². The van der Waals surface area contributed by atoms with Crippen LogP contribution >= 0.6 is 11.6 Å². The normalized spacial score (nSPS) is 14.3. The van der Waals surface area contributed by atoms with Crippen molar-refractivity contribution in [2.75, 3.05) is 38.3 Å². The molecule has 7 heteroatoms. The second-order valence-electron chi connectivity index (χ2n) is 7.22. The molecular weight excluding hydrogens is 400 g/mol. The number of nitrogens with one attached hydrogen (secondary N) is 1. The third kappa shape index (κ3) is 3.60. The molecule has 152 valence electrons. The Hall–Kier alpha value is -3.09. The fraction of sp³-hybridized carbons (Fsp3) is 0.217. The van der Waals surface area contributed by atoms with Gasteiger partial charge in [-0.3, -0.25) is 4.98 Å². The SMILES string of the molecule is COc1cncc(-c2cc(Cl)c3[nH]c(-c4ccc(N5CCOCC5)nc4)cc3c2)c1. The molecule has 0 bridgehead atoms. The largest absolute Gasteiger partial charge is 0.495 e. The first-order valence-corrected chi connectivity index (χ1v) is 10.2. The topological polar surface area (TPSA) is 63.3 Å². The van der Waals surface area contributed by atoms with Crippen LogP contribution in [0.15, 0.2) is 55.0 Å². The van der Waals surface area contributed by atoms with E-state index in [1.165, 1.54) is 0 Å². The first kappa shape index (κ1) is 18.9. The zero-order valence-corrected chi connectivity index (χ0v) is 17.3. The second kappa shape index (κ2) is 7.97. The Labute approximate surface area is 179 Å². The molecule has 6 nitrogen and oxygen atoms in total. The van der Waals surface area contributed by atoms with E-state index in [0.717, 1.165) is 65.4 Å². The number of morpholine rings is 1. The van der Waals surface area contributed by atoms with Crippen LogP contribution in [-0.4, -0.2) is 48.4 Å². The van der Waals surface area contributed by atoms with Crippen LogP contribution in [-0.2, 0) is 4.74 Å². The number of ether oxygens (including phenoxy) is 2. The number of pyridine rings is 2. The van der Waals surface area contributed by atoms with Crippen molar-refractivity contribution < 1.29 is 9.47 Å². The number of fused-ring (bicyclic) bond motifs is 1. The number of halogens is 1. The minimum atomic E-state index is 0.662. The highest BCUT2D eigenvalue weighted by Gasteiger charge is 2.14. The number of nitrogens with zero attached hydrogens (tertiary/aromatic N) is 3. The fourth-order valence-corrected chi connectivity index (χ4v) is 4.01. The van der Waals surface area contributed by atoms with Crippen LogP contribution in [0.3, 0.4) is 0 Å². The molecule has 0 saturated carbocycles. The zero-order valence-electron chi connectivity index (χ0n) is 16.6. The van der Waals surface area contributed by atoms with Gasteiger partial charge in [0.05, 0.1) is 37.1 Å². The molecule has 1 fully saturated rings. The van der Waals surface area contributed by atoms with Crippen LogP contribution in [0.2, 0.25) is 5.02 Å². The molecule has 0 amide bonds. The minimum Gasteiger partial charge on any atom is -0.495 e. The standard InChI is InChI=1S/C23H21ClN4O2/c1-29-19-9-18(12-25-14-19)16-8-17-11-21(27-23(17)20(24)10-16)15-2-3-22(26-13-15)28-4-6-30-7-5-28/h2-3,8-14,27H,4-7H2,1H3. The molecule has 1 aliphatic rings. The van der Waals surface area contributed by atoms with Gasteiger partial charge in [0, 0.05) is 47.7 Å². The molecule has 3 aromatic heterocycles. The van der Waals surface area contributed by atoms with Crippen LogP contribution in [0, 0.1) is 0 Å². The highest BCUT2D eigenvalue weighted by Crippen LogP contribution is 2.34. The summed E-state index contributed by atoms with van der Waals surface area (Å²) in [6.45, 7) is 3.23. The summed E-state index contributed by atoms with van der Waals surface area (Å²) in [7, 11) is 1.63. The number of H-pyrrole nitrogens is 1. The highest BCUT2D eigenvalue weighted by molar-refractivity contribution is 6.35. The molecule has 0 atom stereocenters. The van der Waals surface area contributed by atoms with Crippen molar-refractivity contribution in [1.82, 2.24) is 15.0 Å². The van der Waals surface area contributed by atoms with E-state index >= 15 is 0 Å². The molecule has 1 aliphatic heterocycles. The van der Waals surface area contributed by atoms with Gasteiger partial charge in [-0.25, -0.2) is 4.98 Å². The lowest BCUT2D eigenvalue weighted by Crippen LogP contribution is -2.36. The number of aromatic nitrogens is 3. The highest BCUT2D eigenvalue weighted by atomic mass is 35.5. The molecule has 4 heterocycles. The number of rotatable bonds is 4. The van der Waals surface area contributed by atoms with E-state index in [1.807, 2.05) is 24.5 Å². The van der Waals surface area contributed by atoms with E-state index in [-0.39, 0.29) is 0 Å². The van der Waals surface area contributed by atoms with Crippen LogP contribution < -0.4 is 9.64 Å². The smallest absolute Gasteiger partial charge is 0.137 e. The molecule has 5 rings (SSSR count). The fourth-order valence-electron chi connectivity index (χ4n) is 3.74. The van der Waals surface area contributed by atoms with Crippen molar-refractivity contribution >= 4 is 28.3 Å². The summed E-state index contributed by atoms with van der Waals surface area (Å²) >= 11 is 6.60. The molecule has 0 unspecified atom stereocenters. The summed E-state index contributed by atoms with van der Waals surface area (Å²) in [5.74, 6) is 1.69. The van der Waals surface area contributed by atoms with Gasteiger partial charge in [0.25, 0.3) is 0 Å². The maximum absolute atomic E-state index is 6.60. The number of hydrogen-bond donors (Lipinski definition) is 1. The Balaban J connectivity index is 1.48. The lowest BCUT2D eigenvalue weighted by Gasteiger charge is -2.27. The number of hydrogen-bond acceptors (Lipinski definition) is 5. The monoisotopic (exact) mass is 420 g/mol. The summed E-state index contributed by atoms with van der Waals surface area (Å²) in [5, 5.41) is 1.70. The van der Waals surface area contributed by atoms with Crippen LogP contribution in [0.4, 0.5) is 5.82 Å². The maximum Gasteiger partial charge on any atom is 0.137 e.